The number of thiophene rings is 1. The van der Waals surface area contributed by atoms with Crippen molar-refractivity contribution < 1.29 is 9.59 Å². The normalized spacial score (nSPS) is 16.3. The largest absolute Gasteiger partial charge is 0.354 e. The van der Waals surface area contributed by atoms with Crippen LogP contribution < -0.4 is 5.32 Å². The maximum absolute atomic E-state index is 13.2. The summed E-state index contributed by atoms with van der Waals surface area (Å²) in [7, 11) is 1.66. The number of likely N-dealkylation sites (tertiary alicyclic amines) is 1. The molecule has 1 fully saturated rings. The lowest BCUT2D eigenvalue weighted by Gasteiger charge is -2.17. The topological polar surface area (TPSA) is 62.3 Å². The average Bonchev–Trinajstić information content (AvgIpc) is 3.42. The molecule has 1 saturated heterocycles. The molecule has 1 atom stereocenters. The Hall–Kier alpha value is -3.25. The number of carbonyl (C=O) groups is 2. The summed E-state index contributed by atoms with van der Waals surface area (Å²) in [6.45, 7) is 1.31. The third-order valence-corrected chi connectivity index (χ3v) is 6.99. The zero-order valence-electron chi connectivity index (χ0n) is 16.6. The molecule has 0 radical (unpaired) electrons. The molecule has 0 aliphatic carbocycles. The summed E-state index contributed by atoms with van der Waals surface area (Å²) in [5.41, 5.74) is 2.64. The Bertz CT molecular complexity index is 1280. The van der Waals surface area contributed by atoms with Crippen molar-refractivity contribution in [3.63, 3.8) is 0 Å². The second kappa shape index (κ2) is 7.54. The molecule has 4 aromatic rings. The summed E-state index contributed by atoms with van der Waals surface area (Å²) in [4.78, 5) is 32.7. The average molecular weight is 416 g/mol. The van der Waals surface area contributed by atoms with Gasteiger partial charge >= 0.3 is 0 Å². The molecule has 3 heterocycles. The van der Waals surface area contributed by atoms with E-state index in [2.05, 4.69) is 22.4 Å². The van der Waals surface area contributed by atoms with Gasteiger partial charge in [-0.25, -0.2) is 0 Å². The quantitative estimate of drug-likeness (QED) is 0.538. The predicted octanol–water partition coefficient (Wildman–Crippen LogP) is 4.44. The van der Waals surface area contributed by atoms with E-state index < -0.39 is 0 Å². The lowest BCUT2D eigenvalue weighted by atomic mass is 9.95. The van der Waals surface area contributed by atoms with Crippen LogP contribution in [-0.4, -0.2) is 41.8 Å². The fraction of sp³-hybridized carbons (Fsp3) is 0.208. The zero-order chi connectivity index (χ0) is 20.7. The lowest BCUT2D eigenvalue weighted by Crippen LogP contribution is -2.28. The van der Waals surface area contributed by atoms with Gasteiger partial charge in [-0.1, -0.05) is 24.3 Å². The first-order valence-corrected chi connectivity index (χ1v) is 10.8. The lowest BCUT2D eigenvalue weighted by molar-refractivity contribution is 0.0791. The summed E-state index contributed by atoms with van der Waals surface area (Å²) in [6, 6.07) is 17.6. The number of hydrogen-bond acceptors (Lipinski definition) is 4. The van der Waals surface area contributed by atoms with Crippen molar-refractivity contribution in [2.45, 2.75) is 12.3 Å². The van der Waals surface area contributed by atoms with Crippen LogP contribution in [0.3, 0.4) is 0 Å². The summed E-state index contributed by atoms with van der Waals surface area (Å²) in [5.74, 6) is 0.127. The van der Waals surface area contributed by atoms with Gasteiger partial charge in [-0.2, -0.15) is 0 Å². The number of nitrogens with zero attached hydrogens (tertiary/aromatic N) is 2. The Labute approximate surface area is 178 Å². The molecule has 5 nitrogen and oxygen atoms in total. The molecule has 6 heteroatoms. The molecule has 0 spiro atoms. The number of amides is 2. The van der Waals surface area contributed by atoms with Gasteiger partial charge < -0.3 is 10.2 Å². The van der Waals surface area contributed by atoms with Crippen molar-refractivity contribution in [1.82, 2.24) is 15.2 Å². The molecule has 150 valence electrons. The van der Waals surface area contributed by atoms with Crippen molar-refractivity contribution in [3.8, 4) is 0 Å². The van der Waals surface area contributed by atoms with E-state index in [1.165, 1.54) is 11.3 Å². The Balaban J connectivity index is 1.45. The van der Waals surface area contributed by atoms with Crippen LogP contribution in [0.4, 0.5) is 0 Å². The third kappa shape index (κ3) is 3.13. The molecule has 1 aliphatic heterocycles. The van der Waals surface area contributed by atoms with E-state index >= 15 is 0 Å². The zero-order valence-corrected chi connectivity index (χ0v) is 17.4. The summed E-state index contributed by atoms with van der Waals surface area (Å²) >= 11 is 1.53. The van der Waals surface area contributed by atoms with Crippen molar-refractivity contribution >= 4 is 44.1 Å². The number of pyridine rings is 1. The van der Waals surface area contributed by atoms with Crippen LogP contribution in [0, 0.1) is 0 Å². The van der Waals surface area contributed by atoms with Crippen molar-refractivity contribution in [2.24, 2.45) is 0 Å². The van der Waals surface area contributed by atoms with Crippen molar-refractivity contribution in [2.75, 3.05) is 20.1 Å². The van der Waals surface area contributed by atoms with Crippen molar-refractivity contribution in [1.29, 1.82) is 0 Å². The first-order valence-electron chi connectivity index (χ1n) is 10.0. The molecule has 5 rings (SSSR count). The third-order valence-electron chi connectivity index (χ3n) is 5.80. The minimum Gasteiger partial charge on any atom is -0.354 e. The fourth-order valence-corrected chi connectivity index (χ4v) is 5.56. The van der Waals surface area contributed by atoms with Crippen LogP contribution >= 0.6 is 11.3 Å². The van der Waals surface area contributed by atoms with Crippen LogP contribution in [0.1, 0.15) is 37.9 Å². The highest BCUT2D eigenvalue weighted by atomic mass is 32.1. The molecule has 1 N–H and O–H groups in total. The highest BCUT2D eigenvalue weighted by molar-refractivity contribution is 7.21. The molecular formula is C24H21N3O2S. The molecule has 1 unspecified atom stereocenters. The Morgan fingerprint density at radius 1 is 1.13 bits per heavy atom. The Kier molecular flexibility index (Phi) is 4.71. The van der Waals surface area contributed by atoms with Crippen LogP contribution in [0.5, 0.6) is 0 Å². The van der Waals surface area contributed by atoms with Crippen molar-refractivity contribution in [3.05, 3.63) is 76.8 Å². The predicted molar refractivity (Wildman–Crippen MR) is 120 cm³/mol. The summed E-state index contributed by atoms with van der Waals surface area (Å²) < 4.78 is 1.11. The second-order valence-corrected chi connectivity index (χ2v) is 8.62. The van der Waals surface area contributed by atoms with E-state index in [4.69, 9.17) is 0 Å². The number of benzene rings is 2. The number of carbonyl (C=O) groups excluding carboxylic acids is 2. The highest BCUT2D eigenvalue weighted by Crippen LogP contribution is 2.40. The number of aromatic nitrogens is 1. The van der Waals surface area contributed by atoms with Crippen LogP contribution in [-0.2, 0) is 0 Å². The SMILES string of the molecule is CNC(=O)c1sc2ccccc2c1C1CCN(C(=O)c2ccc3ncccc3c2)C1. The van der Waals surface area contributed by atoms with Gasteiger partial charge in [-0.05, 0) is 47.7 Å². The molecule has 0 saturated carbocycles. The Morgan fingerprint density at radius 2 is 2.00 bits per heavy atom. The number of nitrogens with one attached hydrogen (secondary N) is 1. The van der Waals surface area contributed by atoms with Gasteiger partial charge in [-0.15, -0.1) is 11.3 Å². The number of hydrogen-bond donors (Lipinski definition) is 1. The summed E-state index contributed by atoms with van der Waals surface area (Å²) in [5, 5.41) is 4.85. The van der Waals surface area contributed by atoms with E-state index in [1.807, 2.05) is 47.4 Å². The minimum absolute atomic E-state index is 0.0317. The smallest absolute Gasteiger partial charge is 0.261 e. The molecular weight excluding hydrogens is 394 g/mol. The molecule has 2 aromatic heterocycles. The van der Waals surface area contributed by atoms with Gasteiger partial charge in [0.25, 0.3) is 11.8 Å². The number of fused-ring (bicyclic) bond motifs is 2. The first-order chi connectivity index (χ1) is 14.7. The molecule has 2 aromatic carbocycles. The van der Waals surface area contributed by atoms with Crippen LogP contribution in [0.25, 0.3) is 21.0 Å². The second-order valence-electron chi connectivity index (χ2n) is 7.57. The van der Waals surface area contributed by atoms with Gasteiger partial charge in [-0.3, -0.25) is 14.6 Å². The fourth-order valence-electron chi connectivity index (χ4n) is 4.32. The van der Waals surface area contributed by atoms with Gasteiger partial charge in [0.05, 0.1) is 10.4 Å². The maximum atomic E-state index is 13.2. The molecule has 0 bridgehead atoms. The Morgan fingerprint density at radius 3 is 2.87 bits per heavy atom. The van der Waals surface area contributed by atoms with Gasteiger partial charge in [0.2, 0.25) is 0 Å². The van der Waals surface area contributed by atoms with Gasteiger partial charge in [0.15, 0.2) is 0 Å². The van der Waals surface area contributed by atoms with Crippen LogP contribution in [0.2, 0.25) is 0 Å². The summed E-state index contributed by atoms with van der Waals surface area (Å²) in [6.07, 6.45) is 2.61. The van der Waals surface area contributed by atoms with E-state index in [0.29, 0.717) is 18.7 Å². The van der Waals surface area contributed by atoms with E-state index in [-0.39, 0.29) is 17.7 Å². The van der Waals surface area contributed by atoms with E-state index in [1.54, 1.807) is 13.2 Å². The maximum Gasteiger partial charge on any atom is 0.261 e. The number of rotatable bonds is 3. The molecule has 30 heavy (non-hydrogen) atoms. The monoisotopic (exact) mass is 415 g/mol. The molecule has 2 amide bonds. The standard InChI is InChI=1S/C24H21N3O2S/c1-25-23(28)22-21(18-6-2-3-7-20(18)30-22)17-10-12-27(14-17)24(29)16-8-9-19-15(13-16)5-4-11-26-19/h2-9,11,13,17H,10,12,14H2,1H3,(H,25,28). The minimum atomic E-state index is -0.0574. The first kappa shape index (κ1) is 18.8. The highest BCUT2D eigenvalue weighted by Gasteiger charge is 2.32. The molecule has 1 aliphatic rings. The van der Waals surface area contributed by atoms with E-state index in [0.717, 1.165) is 37.9 Å². The van der Waals surface area contributed by atoms with Gasteiger partial charge in [0, 0.05) is 47.9 Å². The van der Waals surface area contributed by atoms with Crippen LogP contribution in [0.15, 0.2) is 60.8 Å². The van der Waals surface area contributed by atoms with Gasteiger partial charge in [0.1, 0.15) is 0 Å². The van der Waals surface area contributed by atoms with E-state index in [9.17, 15) is 9.59 Å².